The van der Waals surface area contributed by atoms with Gasteiger partial charge in [-0.3, -0.25) is 4.79 Å². The first-order valence-electron chi connectivity index (χ1n) is 7.88. The van der Waals surface area contributed by atoms with Crippen molar-refractivity contribution < 1.29 is 4.79 Å². The quantitative estimate of drug-likeness (QED) is 0.888. The summed E-state index contributed by atoms with van der Waals surface area (Å²) in [5.41, 5.74) is 3.62. The van der Waals surface area contributed by atoms with Gasteiger partial charge in [0.15, 0.2) is 0 Å². The van der Waals surface area contributed by atoms with Crippen molar-refractivity contribution in [3.8, 4) is 0 Å². The van der Waals surface area contributed by atoms with Gasteiger partial charge in [0.1, 0.15) is 0 Å². The van der Waals surface area contributed by atoms with Crippen LogP contribution in [0.1, 0.15) is 43.7 Å². The molecule has 0 bridgehead atoms. The van der Waals surface area contributed by atoms with E-state index in [1.54, 1.807) is 0 Å². The first-order valence-corrected chi connectivity index (χ1v) is 7.88. The zero-order chi connectivity index (χ0) is 14.0. The molecule has 2 N–H and O–H groups in total. The van der Waals surface area contributed by atoms with Gasteiger partial charge in [-0.2, -0.15) is 0 Å². The number of amides is 1. The fourth-order valence-electron chi connectivity index (χ4n) is 3.55. The Kier molecular flexibility index (Phi) is 3.79. The monoisotopic (exact) mass is 272 g/mol. The molecule has 1 aliphatic heterocycles. The third-order valence-corrected chi connectivity index (χ3v) is 5.05. The summed E-state index contributed by atoms with van der Waals surface area (Å²) in [4.78, 5) is 12.7. The van der Waals surface area contributed by atoms with Gasteiger partial charge in [-0.05, 0) is 62.3 Å². The standard InChI is InChI=1S/C17H24N2O/c1-2-17(10-11-18-12-17)16(20)19-15-9-5-7-13-6-3-4-8-14(13)15/h5,7,9,18H,2-4,6,8,10-12H2,1H3,(H,19,20). The molecule has 20 heavy (non-hydrogen) atoms. The second kappa shape index (κ2) is 5.57. The van der Waals surface area contributed by atoms with Gasteiger partial charge in [0.2, 0.25) is 5.91 Å². The molecular formula is C17H24N2O. The van der Waals surface area contributed by atoms with Crippen LogP contribution >= 0.6 is 0 Å². The molecule has 0 spiro atoms. The van der Waals surface area contributed by atoms with E-state index in [9.17, 15) is 4.79 Å². The van der Waals surface area contributed by atoms with E-state index in [2.05, 4.69) is 35.8 Å². The van der Waals surface area contributed by atoms with Gasteiger partial charge in [0, 0.05) is 12.2 Å². The Morgan fingerprint density at radius 2 is 2.20 bits per heavy atom. The van der Waals surface area contributed by atoms with Gasteiger partial charge in [-0.25, -0.2) is 0 Å². The van der Waals surface area contributed by atoms with Crippen LogP contribution in [0.4, 0.5) is 5.69 Å². The summed E-state index contributed by atoms with van der Waals surface area (Å²) in [6.07, 6.45) is 6.61. The van der Waals surface area contributed by atoms with Gasteiger partial charge in [-0.1, -0.05) is 19.1 Å². The summed E-state index contributed by atoms with van der Waals surface area (Å²) in [7, 11) is 0. The van der Waals surface area contributed by atoms with E-state index in [0.717, 1.165) is 44.5 Å². The van der Waals surface area contributed by atoms with Crippen LogP contribution < -0.4 is 10.6 Å². The zero-order valence-corrected chi connectivity index (χ0v) is 12.3. The molecule has 2 aliphatic rings. The van der Waals surface area contributed by atoms with Crippen LogP contribution in [0.15, 0.2) is 18.2 Å². The minimum atomic E-state index is -0.211. The van der Waals surface area contributed by atoms with Crippen molar-refractivity contribution in [3.05, 3.63) is 29.3 Å². The average molecular weight is 272 g/mol. The van der Waals surface area contributed by atoms with Gasteiger partial charge >= 0.3 is 0 Å². The Hall–Kier alpha value is -1.35. The minimum Gasteiger partial charge on any atom is -0.325 e. The number of anilines is 1. The van der Waals surface area contributed by atoms with Crippen molar-refractivity contribution in [2.75, 3.05) is 18.4 Å². The number of hydrogen-bond acceptors (Lipinski definition) is 2. The summed E-state index contributed by atoms with van der Waals surface area (Å²) in [5.74, 6) is 0.198. The van der Waals surface area contributed by atoms with Crippen LogP contribution in [0.2, 0.25) is 0 Å². The molecule has 3 nitrogen and oxygen atoms in total. The summed E-state index contributed by atoms with van der Waals surface area (Å²) in [6.45, 7) is 3.88. The van der Waals surface area contributed by atoms with Gasteiger partial charge in [0.25, 0.3) is 0 Å². The molecule has 1 saturated heterocycles. The maximum absolute atomic E-state index is 12.7. The van der Waals surface area contributed by atoms with Crippen LogP contribution in [-0.2, 0) is 17.6 Å². The second-order valence-corrected chi connectivity index (χ2v) is 6.17. The molecule has 1 unspecified atom stereocenters. The van der Waals surface area contributed by atoms with Crippen molar-refractivity contribution in [2.24, 2.45) is 5.41 Å². The number of rotatable bonds is 3. The lowest BCUT2D eigenvalue weighted by Gasteiger charge is -2.27. The van der Waals surface area contributed by atoms with Crippen molar-refractivity contribution >= 4 is 11.6 Å². The van der Waals surface area contributed by atoms with Crippen molar-refractivity contribution in [3.63, 3.8) is 0 Å². The third-order valence-electron chi connectivity index (χ3n) is 5.05. The lowest BCUT2D eigenvalue weighted by Crippen LogP contribution is -2.37. The fourth-order valence-corrected chi connectivity index (χ4v) is 3.55. The summed E-state index contributed by atoms with van der Waals surface area (Å²) in [6, 6.07) is 6.34. The van der Waals surface area contributed by atoms with Crippen molar-refractivity contribution in [2.45, 2.75) is 45.4 Å². The lowest BCUT2D eigenvalue weighted by molar-refractivity contribution is -0.124. The topological polar surface area (TPSA) is 41.1 Å². The SMILES string of the molecule is CCC1(C(=O)Nc2cccc3c2CCCC3)CCNC1. The van der Waals surface area contributed by atoms with Crippen molar-refractivity contribution in [1.29, 1.82) is 0 Å². The fraction of sp³-hybridized carbons (Fsp3) is 0.588. The number of nitrogens with one attached hydrogen (secondary N) is 2. The van der Waals surface area contributed by atoms with E-state index in [4.69, 9.17) is 0 Å². The maximum Gasteiger partial charge on any atom is 0.231 e. The molecule has 1 aliphatic carbocycles. The highest BCUT2D eigenvalue weighted by atomic mass is 16.2. The van der Waals surface area contributed by atoms with Crippen LogP contribution in [0, 0.1) is 5.41 Å². The summed E-state index contributed by atoms with van der Waals surface area (Å²) >= 11 is 0. The molecule has 1 heterocycles. The second-order valence-electron chi connectivity index (χ2n) is 6.17. The molecule has 1 amide bonds. The third kappa shape index (κ3) is 2.35. The Balaban J connectivity index is 1.82. The smallest absolute Gasteiger partial charge is 0.231 e. The summed E-state index contributed by atoms with van der Waals surface area (Å²) in [5, 5.41) is 6.56. The number of aryl methyl sites for hydroxylation is 1. The molecule has 0 radical (unpaired) electrons. The van der Waals surface area contributed by atoms with E-state index in [1.807, 2.05) is 0 Å². The molecule has 1 atom stereocenters. The molecular weight excluding hydrogens is 248 g/mol. The van der Waals surface area contributed by atoms with E-state index in [-0.39, 0.29) is 11.3 Å². The number of benzene rings is 1. The van der Waals surface area contributed by atoms with Crippen LogP contribution in [-0.4, -0.2) is 19.0 Å². The first kappa shape index (κ1) is 13.6. The van der Waals surface area contributed by atoms with Gasteiger partial charge < -0.3 is 10.6 Å². The van der Waals surface area contributed by atoms with Crippen LogP contribution in [0.3, 0.4) is 0 Å². The van der Waals surface area contributed by atoms with E-state index in [0.29, 0.717) is 0 Å². The molecule has 3 rings (SSSR count). The number of carbonyl (C=O) groups excluding carboxylic acids is 1. The number of hydrogen-bond donors (Lipinski definition) is 2. The molecule has 108 valence electrons. The molecule has 1 fully saturated rings. The number of fused-ring (bicyclic) bond motifs is 1. The van der Waals surface area contributed by atoms with E-state index < -0.39 is 0 Å². The van der Waals surface area contributed by atoms with Gasteiger partial charge in [0.05, 0.1) is 5.41 Å². The Morgan fingerprint density at radius 1 is 1.35 bits per heavy atom. The molecule has 0 aromatic heterocycles. The predicted molar refractivity (Wildman–Crippen MR) is 81.9 cm³/mol. The number of carbonyl (C=O) groups is 1. The Bertz CT molecular complexity index is 504. The first-order chi connectivity index (χ1) is 9.75. The normalized spacial score (nSPS) is 25.2. The highest BCUT2D eigenvalue weighted by Gasteiger charge is 2.39. The molecule has 1 aromatic rings. The lowest BCUT2D eigenvalue weighted by atomic mass is 9.83. The van der Waals surface area contributed by atoms with E-state index >= 15 is 0 Å². The molecule has 1 aromatic carbocycles. The maximum atomic E-state index is 12.7. The van der Waals surface area contributed by atoms with Gasteiger partial charge in [-0.15, -0.1) is 0 Å². The highest BCUT2D eigenvalue weighted by Crippen LogP contribution is 2.33. The zero-order valence-electron chi connectivity index (χ0n) is 12.3. The summed E-state index contributed by atoms with van der Waals surface area (Å²) < 4.78 is 0. The van der Waals surface area contributed by atoms with Crippen LogP contribution in [0.5, 0.6) is 0 Å². The van der Waals surface area contributed by atoms with Crippen LogP contribution in [0.25, 0.3) is 0 Å². The Morgan fingerprint density at radius 3 is 2.95 bits per heavy atom. The predicted octanol–water partition coefficient (Wildman–Crippen LogP) is 2.89. The average Bonchev–Trinajstić information content (AvgIpc) is 2.98. The highest BCUT2D eigenvalue weighted by molar-refractivity contribution is 5.96. The molecule has 0 saturated carbocycles. The minimum absolute atomic E-state index is 0.198. The Labute approximate surface area is 121 Å². The van der Waals surface area contributed by atoms with E-state index in [1.165, 1.54) is 24.0 Å². The van der Waals surface area contributed by atoms with Crippen molar-refractivity contribution in [1.82, 2.24) is 5.32 Å². The largest absolute Gasteiger partial charge is 0.325 e. The molecule has 3 heteroatoms.